The minimum Gasteiger partial charge on any atom is -0.399 e. The Morgan fingerprint density at radius 1 is 1.00 bits per heavy atom. The molecule has 1 amide bonds. The molecule has 6 heterocycles. The van der Waals surface area contributed by atoms with Crippen molar-refractivity contribution < 1.29 is 19.2 Å². The molecule has 14 nitrogen and oxygen atoms in total. The third kappa shape index (κ3) is 7.81. The second-order valence-corrected chi connectivity index (χ2v) is 13.0. The van der Waals surface area contributed by atoms with E-state index in [1.165, 1.54) is 4.80 Å². The molecule has 5 aromatic rings. The summed E-state index contributed by atoms with van der Waals surface area (Å²) >= 11 is 0. The Morgan fingerprint density at radius 2 is 1.74 bits per heavy atom. The summed E-state index contributed by atoms with van der Waals surface area (Å²) in [6.45, 7) is 17.3. The first-order valence-electron chi connectivity index (χ1n) is 16.8. The molecule has 7 rings (SSSR count). The summed E-state index contributed by atoms with van der Waals surface area (Å²) in [5.74, 6) is -0.261. The average Bonchev–Trinajstić information content (AvgIpc) is 3.92. The van der Waals surface area contributed by atoms with E-state index in [4.69, 9.17) is 14.4 Å². The highest BCUT2D eigenvalue weighted by atomic mass is 16.7. The number of carbonyl (C=O) groups excluding carboxylic acids is 1. The first kappa shape index (κ1) is 36.5. The van der Waals surface area contributed by atoms with Crippen LogP contribution >= 0.6 is 0 Å². The van der Waals surface area contributed by atoms with Gasteiger partial charge in [-0.25, -0.2) is 9.94 Å². The monoisotopic (exact) mass is 682 g/mol. The van der Waals surface area contributed by atoms with Crippen LogP contribution in [0.3, 0.4) is 0 Å². The van der Waals surface area contributed by atoms with Crippen LogP contribution in [0.4, 0.5) is 5.69 Å². The standard InChI is InChI=1S/C23H22N8O2.C10H19BN2O2.C2H6/c1-15-3-4-19(31-26-11-16(2)28-31)10-21(15)27-23(33)20-13-25-30-6-5-17(9-22(20)30)18-12-24-29(14-18)7-8-32;1-9(2)10(3,4)15-11(14-9)8-6-12-13(5)7-8;1-2/h3-6,9-14,32H,7-8H2,1-2H3,(H,27,33);7,12H,6H2,1-5H3;1-2H3. The maximum atomic E-state index is 13.2. The average molecular weight is 683 g/mol. The SMILES string of the molecule is CC.CN1C=C(B2OC(C)(C)C(C)(C)O2)CN1.Cc1cnn(-c2ccc(C)c(NC(=O)c3cnn4ccc(-c5cnn(CCO)c5)cc34)c2)n1. The van der Waals surface area contributed by atoms with Gasteiger partial charge in [-0.3, -0.25) is 9.48 Å². The minimum atomic E-state index is -0.261. The summed E-state index contributed by atoms with van der Waals surface area (Å²) in [6.07, 6.45) is 10.7. The molecule has 50 heavy (non-hydrogen) atoms. The molecule has 0 radical (unpaired) electrons. The smallest absolute Gasteiger partial charge is 0.399 e. The zero-order valence-corrected chi connectivity index (χ0v) is 30.3. The number of anilines is 1. The van der Waals surface area contributed by atoms with Gasteiger partial charge >= 0.3 is 7.12 Å². The topological polar surface area (TPSA) is 149 Å². The number of amides is 1. The Labute approximate surface area is 293 Å². The van der Waals surface area contributed by atoms with Gasteiger partial charge in [0.15, 0.2) is 0 Å². The van der Waals surface area contributed by atoms with Crippen molar-refractivity contribution in [1.29, 1.82) is 0 Å². The fourth-order valence-corrected chi connectivity index (χ4v) is 5.29. The van der Waals surface area contributed by atoms with Gasteiger partial charge in [-0.05, 0) is 82.4 Å². The van der Waals surface area contributed by atoms with Crippen molar-refractivity contribution in [3.63, 3.8) is 0 Å². The second-order valence-electron chi connectivity index (χ2n) is 13.0. The van der Waals surface area contributed by atoms with Gasteiger partial charge < -0.3 is 24.7 Å². The quantitative estimate of drug-likeness (QED) is 0.208. The molecule has 4 aromatic heterocycles. The van der Waals surface area contributed by atoms with Crippen molar-refractivity contribution in [3.05, 3.63) is 89.8 Å². The van der Waals surface area contributed by atoms with E-state index in [1.54, 1.807) is 27.8 Å². The van der Waals surface area contributed by atoms with Gasteiger partial charge in [0.05, 0.1) is 65.4 Å². The Hall–Kier alpha value is -4.83. The van der Waals surface area contributed by atoms with Gasteiger partial charge in [-0.15, -0.1) is 0 Å². The van der Waals surface area contributed by atoms with Gasteiger partial charge in [-0.1, -0.05) is 19.9 Å². The number of fused-ring (bicyclic) bond motifs is 1. The summed E-state index contributed by atoms with van der Waals surface area (Å²) in [4.78, 5) is 14.7. The molecule has 15 heteroatoms. The lowest BCUT2D eigenvalue weighted by molar-refractivity contribution is 0.00578. The number of aryl methyl sites for hydroxylation is 2. The molecule has 1 fully saturated rings. The minimum absolute atomic E-state index is 0.0176. The van der Waals surface area contributed by atoms with E-state index in [9.17, 15) is 4.79 Å². The lowest BCUT2D eigenvalue weighted by Crippen LogP contribution is -2.41. The number of nitrogens with zero attached hydrogens (tertiary/aromatic N) is 8. The largest absolute Gasteiger partial charge is 0.493 e. The fourth-order valence-electron chi connectivity index (χ4n) is 5.29. The van der Waals surface area contributed by atoms with E-state index in [0.717, 1.165) is 40.1 Å². The van der Waals surface area contributed by atoms with Crippen LogP contribution < -0.4 is 10.7 Å². The zero-order valence-electron chi connectivity index (χ0n) is 30.3. The molecular formula is C35H47BN10O4. The molecule has 2 aliphatic rings. The van der Waals surface area contributed by atoms with E-state index >= 15 is 0 Å². The number of aliphatic hydroxyl groups excluding tert-OH is 1. The number of nitrogens with one attached hydrogen (secondary N) is 2. The molecule has 0 bridgehead atoms. The molecule has 0 spiro atoms. The summed E-state index contributed by atoms with van der Waals surface area (Å²) in [5.41, 5.74) is 9.92. The number of rotatable bonds is 7. The summed E-state index contributed by atoms with van der Waals surface area (Å²) in [7, 11) is 1.76. The number of aromatic nitrogens is 7. The molecule has 264 valence electrons. The van der Waals surface area contributed by atoms with Gasteiger partial charge in [-0.2, -0.15) is 25.2 Å². The normalized spacial score (nSPS) is 16.1. The number of hydrazine groups is 1. The predicted molar refractivity (Wildman–Crippen MR) is 194 cm³/mol. The highest BCUT2D eigenvalue weighted by molar-refractivity contribution is 6.54. The summed E-state index contributed by atoms with van der Waals surface area (Å²) < 4.78 is 15.2. The Kier molecular flexibility index (Phi) is 10.9. The summed E-state index contributed by atoms with van der Waals surface area (Å²) in [6, 6.07) is 9.49. The number of hydrogen-bond acceptors (Lipinski definition) is 10. The molecular weight excluding hydrogens is 635 g/mol. The summed E-state index contributed by atoms with van der Waals surface area (Å²) in [5, 5.41) is 31.2. The van der Waals surface area contributed by atoms with Crippen LogP contribution in [0.2, 0.25) is 0 Å². The molecule has 0 unspecified atom stereocenters. The number of aliphatic hydroxyl groups is 1. The molecule has 0 aliphatic carbocycles. The Balaban J connectivity index is 0.000000239. The van der Waals surface area contributed by atoms with Crippen molar-refractivity contribution >= 4 is 24.2 Å². The Morgan fingerprint density at radius 3 is 2.38 bits per heavy atom. The molecule has 0 atom stereocenters. The zero-order chi connectivity index (χ0) is 36.2. The van der Waals surface area contributed by atoms with E-state index in [2.05, 4.69) is 58.8 Å². The molecule has 1 aromatic carbocycles. The molecule has 3 N–H and O–H groups in total. The van der Waals surface area contributed by atoms with Crippen molar-refractivity contribution in [1.82, 2.24) is 44.8 Å². The second kappa shape index (κ2) is 15.0. The molecule has 2 aliphatic heterocycles. The van der Waals surface area contributed by atoms with E-state index < -0.39 is 0 Å². The molecule has 0 saturated carbocycles. The van der Waals surface area contributed by atoms with Crippen molar-refractivity contribution in [2.24, 2.45) is 0 Å². The van der Waals surface area contributed by atoms with Crippen molar-refractivity contribution in [2.45, 2.75) is 73.1 Å². The van der Waals surface area contributed by atoms with Crippen LogP contribution in [0.5, 0.6) is 0 Å². The van der Waals surface area contributed by atoms with Gasteiger partial charge in [0.2, 0.25) is 0 Å². The van der Waals surface area contributed by atoms with Crippen LogP contribution in [-0.4, -0.2) is 88.9 Å². The lowest BCUT2D eigenvalue weighted by Gasteiger charge is -2.32. The van der Waals surface area contributed by atoms with Crippen LogP contribution in [0.1, 0.15) is 63.2 Å². The highest BCUT2D eigenvalue weighted by Crippen LogP contribution is 2.38. The third-order valence-corrected chi connectivity index (χ3v) is 8.82. The predicted octanol–water partition coefficient (Wildman–Crippen LogP) is 4.62. The van der Waals surface area contributed by atoms with Crippen LogP contribution in [-0.2, 0) is 15.9 Å². The first-order valence-corrected chi connectivity index (χ1v) is 16.8. The van der Waals surface area contributed by atoms with Gasteiger partial charge in [0.1, 0.15) is 0 Å². The third-order valence-electron chi connectivity index (χ3n) is 8.82. The maximum absolute atomic E-state index is 13.2. The van der Waals surface area contributed by atoms with E-state index in [-0.39, 0.29) is 30.8 Å². The number of hydrogen-bond donors (Lipinski definition) is 3. The van der Waals surface area contributed by atoms with Gasteiger partial charge in [0, 0.05) is 43.4 Å². The fraction of sp³-hybridized carbons (Fsp3) is 0.400. The Bertz CT molecular complexity index is 1960. The lowest BCUT2D eigenvalue weighted by atomic mass is 9.79. The first-order chi connectivity index (χ1) is 23.8. The van der Waals surface area contributed by atoms with Crippen molar-refractivity contribution in [3.8, 4) is 16.8 Å². The van der Waals surface area contributed by atoms with E-state index in [1.807, 2.05) is 88.7 Å². The van der Waals surface area contributed by atoms with Crippen molar-refractivity contribution in [2.75, 3.05) is 25.5 Å². The van der Waals surface area contributed by atoms with Crippen LogP contribution in [0, 0.1) is 13.8 Å². The number of benzene rings is 1. The van der Waals surface area contributed by atoms with Gasteiger partial charge in [0.25, 0.3) is 5.91 Å². The van der Waals surface area contributed by atoms with E-state index in [0.29, 0.717) is 23.3 Å². The van der Waals surface area contributed by atoms with Crippen LogP contribution in [0.25, 0.3) is 22.3 Å². The molecule has 1 saturated heterocycles. The van der Waals surface area contributed by atoms with Crippen LogP contribution in [0.15, 0.2) is 73.0 Å². The maximum Gasteiger partial charge on any atom is 0.493 e. The number of pyridine rings is 1. The highest BCUT2D eigenvalue weighted by Gasteiger charge is 2.52. The number of carbonyl (C=O) groups is 1.